The Balaban J connectivity index is 2.22. The zero-order valence-electron chi connectivity index (χ0n) is 12.8. The van der Waals surface area contributed by atoms with Gasteiger partial charge in [-0.05, 0) is 12.1 Å². The van der Waals surface area contributed by atoms with Crippen LogP contribution in [0.5, 0.6) is 11.5 Å². The molecule has 0 saturated heterocycles. The number of carboxylic acid groups (broad SMARTS) is 1. The predicted molar refractivity (Wildman–Crippen MR) is 83.6 cm³/mol. The van der Waals surface area contributed by atoms with Crippen molar-refractivity contribution in [2.45, 2.75) is 0 Å². The molecule has 1 N–H and O–H groups in total. The zero-order valence-corrected chi connectivity index (χ0v) is 12.8. The van der Waals surface area contributed by atoms with Crippen LogP contribution in [0.2, 0.25) is 0 Å². The molecule has 0 aliphatic rings. The van der Waals surface area contributed by atoms with Gasteiger partial charge in [0.05, 0.1) is 25.1 Å². The van der Waals surface area contributed by atoms with Crippen LogP contribution in [0.4, 0.5) is 0 Å². The molecule has 0 aliphatic carbocycles. The molecule has 0 spiro atoms. The van der Waals surface area contributed by atoms with E-state index in [9.17, 15) is 9.59 Å². The molecular formula is C16H12N2O6. The van der Waals surface area contributed by atoms with E-state index < -0.39 is 11.6 Å². The average molecular weight is 328 g/mol. The van der Waals surface area contributed by atoms with Crippen molar-refractivity contribution in [2.75, 3.05) is 14.2 Å². The van der Waals surface area contributed by atoms with Crippen LogP contribution in [-0.2, 0) is 0 Å². The molecule has 2 aromatic heterocycles. The van der Waals surface area contributed by atoms with Gasteiger partial charge in [0, 0.05) is 12.1 Å². The first kappa shape index (κ1) is 15.5. The number of methoxy groups -OCH3 is 2. The first-order chi connectivity index (χ1) is 11.5. The Bertz CT molecular complexity index is 996. The Morgan fingerprint density at radius 1 is 1.12 bits per heavy atom. The molecule has 2 heterocycles. The van der Waals surface area contributed by atoms with Gasteiger partial charge < -0.3 is 19.0 Å². The van der Waals surface area contributed by atoms with Crippen molar-refractivity contribution in [3.8, 4) is 23.1 Å². The number of pyridine rings is 1. The Labute approximate surface area is 135 Å². The monoisotopic (exact) mass is 328 g/mol. The van der Waals surface area contributed by atoms with Crippen LogP contribution in [-0.4, -0.2) is 35.3 Å². The number of fused-ring (bicyclic) bond motifs is 1. The number of nitrogens with zero attached hydrogens (tertiary/aromatic N) is 2. The topological polar surface area (TPSA) is 112 Å². The Kier molecular flexibility index (Phi) is 3.87. The molecule has 0 radical (unpaired) electrons. The summed E-state index contributed by atoms with van der Waals surface area (Å²) in [6, 6.07) is 7.34. The zero-order chi connectivity index (χ0) is 17.3. The second kappa shape index (κ2) is 5.99. The van der Waals surface area contributed by atoms with Crippen molar-refractivity contribution < 1.29 is 23.8 Å². The largest absolute Gasteiger partial charge is 0.493 e. The van der Waals surface area contributed by atoms with E-state index in [4.69, 9.17) is 19.0 Å². The number of aromatic carboxylic acids is 1. The van der Waals surface area contributed by atoms with Gasteiger partial charge in [-0.3, -0.25) is 0 Å². The molecule has 0 atom stereocenters. The van der Waals surface area contributed by atoms with Crippen LogP contribution in [0, 0.1) is 0 Å². The van der Waals surface area contributed by atoms with Crippen molar-refractivity contribution in [3.63, 3.8) is 0 Å². The second-order valence-corrected chi connectivity index (χ2v) is 4.74. The maximum atomic E-state index is 12.2. The Hall–Kier alpha value is -3.42. The number of aromatic nitrogens is 2. The summed E-state index contributed by atoms with van der Waals surface area (Å²) in [5, 5.41) is 9.22. The Morgan fingerprint density at radius 3 is 2.50 bits per heavy atom. The summed E-state index contributed by atoms with van der Waals surface area (Å²) in [6.07, 6.45) is 0. The van der Waals surface area contributed by atoms with Crippen molar-refractivity contribution in [2.24, 2.45) is 0 Å². The lowest BCUT2D eigenvalue weighted by Crippen LogP contribution is -2.06. The van der Waals surface area contributed by atoms with Gasteiger partial charge in [0.1, 0.15) is 11.4 Å². The minimum Gasteiger partial charge on any atom is -0.493 e. The summed E-state index contributed by atoms with van der Waals surface area (Å²) in [6.45, 7) is 0. The van der Waals surface area contributed by atoms with Gasteiger partial charge in [0.2, 0.25) is 5.89 Å². The quantitative estimate of drug-likeness (QED) is 0.773. The smallest absolute Gasteiger partial charge is 0.354 e. The third-order valence-corrected chi connectivity index (χ3v) is 3.32. The van der Waals surface area contributed by atoms with Crippen molar-refractivity contribution in [1.29, 1.82) is 0 Å². The minimum atomic E-state index is -1.19. The number of hydrogen-bond donors (Lipinski definition) is 1. The normalized spacial score (nSPS) is 10.6. The lowest BCUT2D eigenvalue weighted by molar-refractivity contribution is 0.0690. The first-order valence-electron chi connectivity index (χ1n) is 6.81. The van der Waals surface area contributed by atoms with E-state index in [1.807, 2.05) is 0 Å². The number of carboxylic acids is 1. The van der Waals surface area contributed by atoms with Gasteiger partial charge in [0.15, 0.2) is 11.5 Å². The number of ether oxygens (including phenoxy) is 2. The summed E-state index contributed by atoms with van der Waals surface area (Å²) in [4.78, 5) is 31.4. The highest BCUT2D eigenvalue weighted by Gasteiger charge is 2.15. The van der Waals surface area contributed by atoms with Crippen molar-refractivity contribution in [3.05, 3.63) is 46.4 Å². The van der Waals surface area contributed by atoms with Crippen LogP contribution in [0.1, 0.15) is 10.5 Å². The average Bonchev–Trinajstić information content (AvgIpc) is 2.60. The van der Waals surface area contributed by atoms with E-state index in [0.29, 0.717) is 17.0 Å². The molecule has 0 aliphatic heterocycles. The van der Waals surface area contributed by atoms with Gasteiger partial charge in [-0.1, -0.05) is 6.07 Å². The molecule has 3 aromatic rings. The molecule has 122 valence electrons. The first-order valence-corrected chi connectivity index (χ1v) is 6.81. The molecule has 0 amide bonds. The SMILES string of the molecule is COc1cc2nc(-c3cccc(C(=O)O)n3)oc(=O)c2cc1OC. The van der Waals surface area contributed by atoms with Crippen LogP contribution in [0.3, 0.4) is 0 Å². The maximum Gasteiger partial charge on any atom is 0.354 e. The molecule has 8 heteroatoms. The molecule has 1 aromatic carbocycles. The third kappa shape index (κ3) is 2.65. The number of hydrogen-bond acceptors (Lipinski definition) is 7. The molecule has 0 bridgehead atoms. The molecule has 0 saturated carbocycles. The van der Waals surface area contributed by atoms with E-state index in [2.05, 4.69) is 9.97 Å². The van der Waals surface area contributed by atoms with E-state index in [1.165, 1.54) is 44.6 Å². The van der Waals surface area contributed by atoms with Crippen molar-refractivity contribution >= 4 is 16.9 Å². The fraction of sp³-hybridized carbons (Fsp3) is 0.125. The predicted octanol–water partition coefficient (Wildman–Crippen LogP) is 1.97. The van der Waals surface area contributed by atoms with Crippen LogP contribution in [0.25, 0.3) is 22.5 Å². The lowest BCUT2D eigenvalue weighted by atomic mass is 10.2. The van der Waals surface area contributed by atoms with Crippen LogP contribution >= 0.6 is 0 Å². The summed E-state index contributed by atoms with van der Waals surface area (Å²) in [5.41, 5.74) is -0.354. The minimum absolute atomic E-state index is 0.0807. The van der Waals surface area contributed by atoms with Gasteiger partial charge in [-0.2, -0.15) is 0 Å². The van der Waals surface area contributed by atoms with E-state index in [1.54, 1.807) is 0 Å². The van der Waals surface area contributed by atoms with Crippen molar-refractivity contribution in [1.82, 2.24) is 9.97 Å². The summed E-state index contributed by atoms with van der Waals surface area (Å²) in [7, 11) is 2.92. The summed E-state index contributed by atoms with van der Waals surface area (Å²) < 4.78 is 15.5. The second-order valence-electron chi connectivity index (χ2n) is 4.74. The number of carbonyl (C=O) groups is 1. The molecule has 0 unspecified atom stereocenters. The van der Waals surface area contributed by atoms with Gasteiger partial charge in [-0.15, -0.1) is 0 Å². The fourth-order valence-corrected chi connectivity index (χ4v) is 2.18. The number of rotatable bonds is 4. The molecular weight excluding hydrogens is 316 g/mol. The fourth-order valence-electron chi connectivity index (χ4n) is 2.18. The van der Waals surface area contributed by atoms with Crippen LogP contribution < -0.4 is 15.1 Å². The van der Waals surface area contributed by atoms with E-state index in [0.717, 1.165) is 0 Å². The highest BCUT2D eigenvalue weighted by atomic mass is 16.5. The maximum absolute atomic E-state index is 12.2. The highest BCUT2D eigenvalue weighted by Crippen LogP contribution is 2.30. The lowest BCUT2D eigenvalue weighted by Gasteiger charge is -2.08. The van der Waals surface area contributed by atoms with Crippen LogP contribution in [0.15, 0.2) is 39.5 Å². The van der Waals surface area contributed by atoms with Gasteiger partial charge in [0.25, 0.3) is 0 Å². The van der Waals surface area contributed by atoms with Gasteiger partial charge >= 0.3 is 11.6 Å². The third-order valence-electron chi connectivity index (χ3n) is 3.32. The molecule has 3 rings (SSSR count). The Morgan fingerprint density at radius 2 is 1.83 bits per heavy atom. The molecule has 0 fully saturated rings. The van der Waals surface area contributed by atoms with E-state index in [-0.39, 0.29) is 22.7 Å². The number of benzene rings is 1. The summed E-state index contributed by atoms with van der Waals surface area (Å²) >= 11 is 0. The molecule has 24 heavy (non-hydrogen) atoms. The highest BCUT2D eigenvalue weighted by molar-refractivity contribution is 5.86. The molecule has 8 nitrogen and oxygen atoms in total. The van der Waals surface area contributed by atoms with Gasteiger partial charge in [-0.25, -0.2) is 19.6 Å². The summed E-state index contributed by atoms with van der Waals surface area (Å²) in [5.74, 6) is -0.492. The van der Waals surface area contributed by atoms with E-state index >= 15 is 0 Å². The standard InChI is InChI=1S/C16H12N2O6/c1-22-12-6-8-11(7-13(12)23-2)18-14(24-16(8)21)9-4-3-5-10(17-9)15(19)20/h3-7H,1-2H3,(H,19,20).